The van der Waals surface area contributed by atoms with Gasteiger partial charge in [-0.15, -0.1) is 0 Å². The van der Waals surface area contributed by atoms with Gasteiger partial charge in [0.1, 0.15) is 5.70 Å². The highest BCUT2D eigenvalue weighted by molar-refractivity contribution is 6.30. The molecule has 0 saturated heterocycles. The molecule has 1 aromatic carbocycles. The smallest absolute Gasteiger partial charge is 0.354 e. The predicted octanol–water partition coefficient (Wildman–Crippen LogP) is 1.99. The van der Waals surface area contributed by atoms with E-state index < -0.39 is 5.97 Å². The summed E-state index contributed by atoms with van der Waals surface area (Å²) in [6.45, 7) is 1.94. The number of hydrogen-bond donors (Lipinski definition) is 1. The molecule has 5 heteroatoms. The van der Waals surface area contributed by atoms with E-state index in [0.717, 1.165) is 5.56 Å². The first-order valence-electron chi connectivity index (χ1n) is 5.02. The molecular weight excluding hydrogens is 242 g/mol. The van der Waals surface area contributed by atoms with E-state index in [-0.39, 0.29) is 12.3 Å². The third-order valence-electron chi connectivity index (χ3n) is 1.89. The van der Waals surface area contributed by atoms with E-state index in [1.165, 1.54) is 6.08 Å². The molecule has 0 fully saturated rings. The lowest BCUT2D eigenvalue weighted by molar-refractivity contribution is -0.139. The second kappa shape index (κ2) is 6.70. The minimum atomic E-state index is -0.574. The number of esters is 1. The number of carbonyl (C=O) groups excluding carboxylic acids is 2. The van der Waals surface area contributed by atoms with Crippen LogP contribution >= 0.6 is 11.6 Å². The summed E-state index contributed by atoms with van der Waals surface area (Å²) in [7, 11) is 0. The fourth-order valence-electron chi connectivity index (χ4n) is 1.16. The minimum absolute atomic E-state index is 0.0872. The Labute approximate surface area is 104 Å². The van der Waals surface area contributed by atoms with Gasteiger partial charge in [0.2, 0.25) is 6.41 Å². The highest BCUT2D eigenvalue weighted by Gasteiger charge is 2.09. The Morgan fingerprint density at radius 1 is 1.41 bits per heavy atom. The number of carbonyl (C=O) groups is 2. The second-order valence-corrected chi connectivity index (χ2v) is 3.53. The molecule has 0 radical (unpaired) electrons. The van der Waals surface area contributed by atoms with Crippen LogP contribution in [0.25, 0.3) is 6.08 Å². The Morgan fingerprint density at radius 2 is 2.06 bits per heavy atom. The predicted molar refractivity (Wildman–Crippen MR) is 65.3 cm³/mol. The molecule has 1 rings (SSSR count). The number of benzene rings is 1. The molecule has 90 valence electrons. The van der Waals surface area contributed by atoms with Crippen LogP contribution < -0.4 is 5.32 Å². The van der Waals surface area contributed by atoms with E-state index in [0.29, 0.717) is 11.4 Å². The molecule has 0 aliphatic heterocycles. The van der Waals surface area contributed by atoms with Crippen molar-refractivity contribution in [2.24, 2.45) is 0 Å². The third-order valence-corrected chi connectivity index (χ3v) is 2.14. The van der Waals surface area contributed by atoms with Gasteiger partial charge >= 0.3 is 5.97 Å². The number of rotatable bonds is 5. The quantitative estimate of drug-likeness (QED) is 0.496. The molecule has 0 unspecified atom stereocenters. The van der Waals surface area contributed by atoms with Gasteiger partial charge in [0.05, 0.1) is 6.61 Å². The van der Waals surface area contributed by atoms with Gasteiger partial charge in [-0.3, -0.25) is 4.79 Å². The molecule has 1 aromatic rings. The Bertz CT molecular complexity index is 426. The van der Waals surface area contributed by atoms with Crippen molar-refractivity contribution >= 4 is 30.1 Å². The SMILES string of the molecule is CCOC(=O)C(=Cc1ccc(Cl)cc1)NC=O. The van der Waals surface area contributed by atoms with Gasteiger partial charge in [0.25, 0.3) is 0 Å². The summed E-state index contributed by atoms with van der Waals surface area (Å²) in [5, 5.41) is 2.90. The van der Waals surface area contributed by atoms with Crippen molar-refractivity contribution in [1.29, 1.82) is 0 Å². The average Bonchev–Trinajstić information content (AvgIpc) is 2.31. The summed E-state index contributed by atoms with van der Waals surface area (Å²) >= 11 is 5.74. The van der Waals surface area contributed by atoms with Crippen molar-refractivity contribution in [3.05, 3.63) is 40.5 Å². The maximum atomic E-state index is 11.5. The molecule has 0 aromatic heterocycles. The summed E-state index contributed by atoms with van der Waals surface area (Å²) in [6, 6.07) is 6.84. The average molecular weight is 254 g/mol. The van der Waals surface area contributed by atoms with E-state index >= 15 is 0 Å². The van der Waals surface area contributed by atoms with Gasteiger partial charge in [-0.1, -0.05) is 23.7 Å². The number of nitrogens with one attached hydrogen (secondary N) is 1. The zero-order valence-electron chi connectivity index (χ0n) is 9.27. The monoisotopic (exact) mass is 253 g/mol. The zero-order valence-corrected chi connectivity index (χ0v) is 10.0. The molecule has 0 aliphatic rings. The first-order valence-corrected chi connectivity index (χ1v) is 5.39. The van der Waals surface area contributed by atoms with Gasteiger partial charge in [-0.25, -0.2) is 4.79 Å². The highest BCUT2D eigenvalue weighted by Crippen LogP contribution is 2.12. The van der Waals surface area contributed by atoms with Crippen molar-refractivity contribution < 1.29 is 14.3 Å². The maximum absolute atomic E-state index is 11.5. The van der Waals surface area contributed by atoms with Gasteiger partial charge < -0.3 is 10.1 Å². The van der Waals surface area contributed by atoms with Crippen LogP contribution in [0.5, 0.6) is 0 Å². The van der Waals surface area contributed by atoms with Gasteiger partial charge in [0.15, 0.2) is 0 Å². The molecule has 0 bridgehead atoms. The molecular formula is C12H12ClNO3. The Kier molecular flexibility index (Phi) is 5.23. The maximum Gasteiger partial charge on any atom is 0.354 e. The van der Waals surface area contributed by atoms with Gasteiger partial charge in [-0.2, -0.15) is 0 Å². The summed E-state index contributed by atoms with van der Waals surface area (Å²) < 4.78 is 4.80. The number of hydrogen-bond acceptors (Lipinski definition) is 3. The largest absolute Gasteiger partial charge is 0.461 e. The number of halogens is 1. The van der Waals surface area contributed by atoms with Gasteiger partial charge in [0, 0.05) is 5.02 Å². The molecule has 0 atom stereocenters. The number of amides is 1. The Hall–Kier alpha value is -1.81. The normalized spacial score (nSPS) is 10.8. The summed E-state index contributed by atoms with van der Waals surface area (Å²) in [5.41, 5.74) is 0.830. The van der Waals surface area contributed by atoms with Crippen molar-refractivity contribution in [1.82, 2.24) is 5.32 Å². The van der Waals surface area contributed by atoms with Crippen LogP contribution in [0.3, 0.4) is 0 Å². The summed E-state index contributed by atoms with van der Waals surface area (Å²) in [5.74, 6) is -0.574. The van der Waals surface area contributed by atoms with Crippen molar-refractivity contribution in [2.45, 2.75) is 6.92 Å². The molecule has 1 N–H and O–H groups in total. The third kappa shape index (κ3) is 4.28. The van der Waals surface area contributed by atoms with Crippen LogP contribution in [0.4, 0.5) is 0 Å². The Balaban J connectivity index is 2.92. The van der Waals surface area contributed by atoms with Crippen molar-refractivity contribution in [3.63, 3.8) is 0 Å². The van der Waals surface area contributed by atoms with Gasteiger partial charge in [-0.05, 0) is 30.7 Å². The molecule has 4 nitrogen and oxygen atoms in total. The lowest BCUT2D eigenvalue weighted by Crippen LogP contribution is -2.20. The van der Waals surface area contributed by atoms with Crippen molar-refractivity contribution in [2.75, 3.05) is 6.61 Å². The number of ether oxygens (including phenoxy) is 1. The van der Waals surface area contributed by atoms with E-state index in [9.17, 15) is 9.59 Å². The second-order valence-electron chi connectivity index (χ2n) is 3.09. The molecule has 0 spiro atoms. The topological polar surface area (TPSA) is 55.4 Å². The van der Waals surface area contributed by atoms with Crippen LogP contribution in [-0.2, 0) is 14.3 Å². The Morgan fingerprint density at radius 3 is 2.59 bits per heavy atom. The van der Waals surface area contributed by atoms with Crippen LogP contribution in [-0.4, -0.2) is 19.0 Å². The van der Waals surface area contributed by atoms with Crippen LogP contribution in [0.1, 0.15) is 12.5 Å². The van der Waals surface area contributed by atoms with Crippen LogP contribution in [0.15, 0.2) is 30.0 Å². The van der Waals surface area contributed by atoms with Crippen molar-refractivity contribution in [3.8, 4) is 0 Å². The first-order chi connectivity index (χ1) is 8.17. The molecule has 0 heterocycles. The first kappa shape index (κ1) is 13.3. The zero-order chi connectivity index (χ0) is 12.7. The lowest BCUT2D eigenvalue weighted by Gasteiger charge is -2.05. The fraction of sp³-hybridized carbons (Fsp3) is 0.167. The van der Waals surface area contributed by atoms with Crippen LogP contribution in [0.2, 0.25) is 5.02 Å². The molecule has 0 aliphatic carbocycles. The lowest BCUT2D eigenvalue weighted by atomic mass is 10.2. The van der Waals surface area contributed by atoms with E-state index in [4.69, 9.17) is 16.3 Å². The van der Waals surface area contributed by atoms with Crippen LogP contribution in [0, 0.1) is 0 Å². The van der Waals surface area contributed by atoms with E-state index in [1.54, 1.807) is 31.2 Å². The summed E-state index contributed by atoms with van der Waals surface area (Å²) in [6.07, 6.45) is 1.95. The van der Waals surface area contributed by atoms with E-state index in [1.807, 2.05) is 0 Å². The standard InChI is InChI=1S/C12H12ClNO3/c1-2-17-12(16)11(14-8-15)7-9-3-5-10(13)6-4-9/h3-8H,2H2,1H3,(H,14,15). The molecule has 1 amide bonds. The minimum Gasteiger partial charge on any atom is -0.461 e. The molecule has 0 saturated carbocycles. The molecule has 17 heavy (non-hydrogen) atoms. The fourth-order valence-corrected chi connectivity index (χ4v) is 1.28. The highest BCUT2D eigenvalue weighted by atomic mass is 35.5. The van der Waals surface area contributed by atoms with E-state index in [2.05, 4.69) is 5.32 Å². The summed E-state index contributed by atoms with van der Waals surface area (Å²) in [4.78, 5) is 21.9.